The number of carbonyl (C=O) groups excluding carboxylic acids is 2. The number of hydrogen-bond acceptors (Lipinski definition) is 4. The Hall–Kier alpha value is -1.10. The van der Waals surface area contributed by atoms with Crippen LogP contribution in [0.4, 0.5) is 0 Å². The number of nitrogens with zero attached hydrogens (tertiary/aromatic N) is 1. The van der Waals surface area contributed by atoms with Gasteiger partial charge >= 0.3 is 5.97 Å². The highest BCUT2D eigenvalue weighted by Gasteiger charge is 2.37. The number of carbonyl (C=O) groups is 2. The lowest BCUT2D eigenvalue weighted by Gasteiger charge is -2.20. The number of rotatable bonds is 1. The summed E-state index contributed by atoms with van der Waals surface area (Å²) < 4.78 is 4.57. The van der Waals surface area contributed by atoms with Crippen LogP contribution in [0.25, 0.3) is 0 Å². The minimum Gasteiger partial charge on any atom is -0.467 e. The molecule has 0 aromatic rings. The Labute approximate surface area is 76.8 Å². The van der Waals surface area contributed by atoms with Crippen molar-refractivity contribution in [3.05, 3.63) is 0 Å². The van der Waals surface area contributed by atoms with Gasteiger partial charge in [-0.1, -0.05) is 0 Å². The van der Waals surface area contributed by atoms with Crippen LogP contribution in [0.15, 0.2) is 0 Å². The summed E-state index contributed by atoms with van der Waals surface area (Å²) >= 11 is 0. The fourth-order valence-electron chi connectivity index (χ4n) is 1.58. The highest BCUT2D eigenvalue weighted by molar-refractivity contribution is 5.84. The van der Waals surface area contributed by atoms with Crippen LogP contribution >= 0.6 is 0 Å². The molecule has 13 heavy (non-hydrogen) atoms. The zero-order valence-electron chi connectivity index (χ0n) is 7.82. The van der Waals surface area contributed by atoms with Gasteiger partial charge in [0.2, 0.25) is 5.91 Å². The van der Waals surface area contributed by atoms with Crippen molar-refractivity contribution in [3.63, 3.8) is 0 Å². The van der Waals surface area contributed by atoms with Gasteiger partial charge in [0.15, 0.2) is 0 Å². The monoisotopic (exact) mass is 186 g/mol. The first-order valence-corrected chi connectivity index (χ1v) is 4.17. The maximum Gasteiger partial charge on any atom is 0.328 e. The number of amides is 1. The number of likely N-dealkylation sites (tertiary alicyclic amines) is 1. The van der Waals surface area contributed by atoms with E-state index in [4.69, 9.17) is 5.73 Å². The Bertz CT molecular complexity index is 229. The number of ether oxygens (including phenoxy) is 1. The fraction of sp³-hybridized carbons (Fsp3) is 0.750. The van der Waals surface area contributed by atoms with Crippen LogP contribution in [0.3, 0.4) is 0 Å². The molecule has 0 spiro atoms. The first-order valence-electron chi connectivity index (χ1n) is 4.17. The fourth-order valence-corrected chi connectivity index (χ4v) is 1.58. The first kappa shape index (κ1) is 9.98. The molecule has 1 aliphatic heterocycles. The Kier molecular flexibility index (Phi) is 2.87. The summed E-state index contributed by atoms with van der Waals surface area (Å²) in [6.07, 6.45) is 0.492. The molecule has 2 N–H and O–H groups in total. The van der Waals surface area contributed by atoms with E-state index in [0.29, 0.717) is 13.0 Å². The van der Waals surface area contributed by atoms with E-state index in [0.717, 1.165) is 0 Å². The highest BCUT2D eigenvalue weighted by atomic mass is 16.5. The molecule has 0 radical (unpaired) electrons. The van der Waals surface area contributed by atoms with Crippen molar-refractivity contribution < 1.29 is 14.3 Å². The van der Waals surface area contributed by atoms with E-state index in [2.05, 4.69) is 4.74 Å². The lowest BCUT2D eigenvalue weighted by molar-refractivity contribution is -0.150. The Morgan fingerprint density at radius 2 is 2.15 bits per heavy atom. The van der Waals surface area contributed by atoms with Gasteiger partial charge in [-0.15, -0.1) is 0 Å². The Morgan fingerprint density at radius 1 is 1.54 bits per heavy atom. The van der Waals surface area contributed by atoms with Gasteiger partial charge in [-0.3, -0.25) is 4.79 Å². The molecule has 1 saturated heterocycles. The normalized spacial score (nSPS) is 27.5. The van der Waals surface area contributed by atoms with Crippen LogP contribution in [0, 0.1) is 0 Å². The molecule has 74 valence electrons. The van der Waals surface area contributed by atoms with E-state index in [1.807, 2.05) is 0 Å². The zero-order chi connectivity index (χ0) is 10.0. The van der Waals surface area contributed by atoms with E-state index in [1.165, 1.54) is 18.9 Å². The summed E-state index contributed by atoms with van der Waals surface area (Å²) in [7, 11) is 1.31. The van der Waals surface area contributed by atoms with Crippen molar-refractivity contribution >= 4 is 11.9 Å². The summed E-state index contributed by atoms with van der Waals surface area (Å²) in [5.41, 5.74) is 5.64. The molecule has 1 rings (SSSR count). The number of esters is 1. The number of methoxy groups -OCH3 is 1. The summed E-state index contributed by atoms with van der Waals surface area (Å²) in [5, 5.41) is 0. The average molecular weight is 186 g/mol. The molecule has 0 saturated carbocycles. The molecule has 0 bridgehead atoms. The van der Waals surface area contributed by atoms with Gasteiger partial charge in [-0.05, 0) is 6.42 Å². The zero-order valence-corrected chi connectivity index (χ0v) is 7.82. The molecule has 0 unspecified atom stereocenters. The molecule has 5 nitrogen and oxygen atoms in total. The van der Waals surface area contributed by atoms with Gasteiger partial charge in [0, 0.05) is 19.5 Å². The van der Waals surface area contributed by atoms with Gasteiger partial charge in [0.25, 0.3) is 0 Å². The molecular weight excluding hydrogens is 172 g/mol. The maximum atomic E-state index is 11.2. The van der Waals surface area contributed by atoms with Crippen LogP contribution in [0.2, 0.25) is 0 Å². The molecule has 1 aliphatic rings. The standard InChI is InChI=1S/C8H14N2O3/c1-5(11)10-4-6(9)3-7(10)8(12)13-2/h6-7H,3-4,9H2,1-2H3/t6-,7-/m0/s1. The van der Waals surface area contributed by atoms with E-state index >= 15 is 0 Å². The summed E-state index contributed by atoms with van der Waals surface area (Å²) in [5.74, 6) is -0.522. The Morgan fingerprint density at radius 3 is 2.62 bits per heavy atom. The van der Waals surface area contributed by atoms with Crippen LogP contribution in [-0.2, 0) is 14.3 Å². The minimum absolute atomic E-state index is 0.118. The van der Waals surface area contributed by atoms with Crippen molar-refractivity contribution in [2.24, 2.45) is 5.73 Å². The third-order valence-corrected chi connectivity index (χ3v) is 2.21. The van der Waals surface area contributed by atoms with Gasteiger partial charge < -0.3 is 15.4 Å². The number of nitrogens with two attached hydrogens (primary N) is 1. The third kappa shape index (κ3) is 1.98. The molecule has 1 heterocycles. The summed E-state index contributed by atoms with van der Waals surface area (Å²) in [6.45, 7) is 1.86. The van der Waals surface area contributed by atoms with Crippen LogP contribution in [-0.4, -0.2) is 42.5 Å². The molecule has 0 aromatic heterocycles. The molecular formula is C8H14N2O3. The molecule has 1 amide bonds. The smallest absolute Gasteiger partial charge is 0.328 e. The second-order valence-electron chi connectivity index (χ2n) is 3.21. The van der Waals surface area contributed by atoms with Crippen LogP contribution < -0.4 is 5.73 Å². The van der Waals surface area contributed by atoms with Gasteiger partial charge in [0.05, 0.1) is 7.11 Å². The third-order valence-electron chi connectivity index (χ3n) is 2.21. The lowest BCUT2D eigenvalue weighted by Crippen LogP contribution is -2.40. The quantitative estimate of drug-likeness (QED) is 0.539. The predicted molar refractivity (Wildman–Crippen MR) is 45.8 cm³/mol. The van der Waals surface area contributed by atoms with Gasteiger partial charge in [-0.25, -0.2) is 4.79 Å². The summed E-state index contributed by atoms with van der Waals surface area (Å²) in [4.78, 5) is 23.7. The topological polar surface area (TPSA) is 72.6 Å². The van der Waals surface area contributed by atoms with Crippen molar-refractivity contribution in [2.75, 3.05) is 13.7 Å². The van der Waals surface area contributed by atoms with Crippen molar-refractivity contribution in [1.29, 1.82) is 0 Å². The predicted octanol–water partition coefficient (Wildman–Crippen LogP) is -0.892. The van der Waals surface area contributed by atoms with Crippen LogP contribution in [0.1, 0.15) is 13.3 Å². The van der Waals surface area contributed by atoms with Crippen molar-refractivity contribution in [1.82, 2.24) is 4.90 Å². The van der Waals surface area contributed by atoms with Crippen molar-refractivity contribution in [2.45, 2.75) is 25.4 Å². The molecule has 5 heteroatoms. The Balaban J connectivity index is 2.71. The average Bonchev–Trinajstić information content (AvgIpc) is 2.46. The van der Waals surface area contributed by atoms with E-state index in [9.17, 15) is 9.59 Å². The lowest BCUT2D eigenvalue weighted by atomic mass is 10.2. The molecule has 0 aliphatic carbocycles. The van der Waals surface area contributed by atoms with Gasteiger partial charge in [-0.2, -0.15) is 0 Å². The highest BCUT2D eigenvalue weighted by Crippen LogP contribution is 2.17. The molecule has 0 aromatic carbocycles. The largest absolute Gasteiger partial charge is 0.467 e. The van der Waals surface area contributed by atoms with E-state index in [1.54, 1.807) is 0 Å². The molecule has 1 fully saturated rings. The van der Waals surface area contributed by atoms with Crippen molar-refractivity contribution in [3.8, 4) is 0 Å². The van der Waals surface area contributed by atoms with Crippen LogP contribution in [0.5, 0.6) is 0 Å². The SMILES string of the molecule is COC(=O)[C@@H]1C[C@H](N)CN1C(C)=O. The second-order valence-corrected chi connectivity index (χ2v) is 3.21. The van der Waals surface area contributed by atoms with E-state index in [-0.39, 0.29) is 17.9 Å². The van der Waals surface area contributed by atoms with E-state index < -0.39 is 6.04 Å². The maximum absolute atomic E-state index is 11.2. The molecule has 2 atom stereocenters. The number of hydrogen-bond donors (Lipinski definition) is 1. The summed E-state index contributed by atoms with van der Waals surface area (Å²) in [6, 6.07) is -0.606. The minimum atomic E-state index is -0.488. The second kappa shape index (κ2) is 3.74. The first-order chi connectivity index (χ1) is 6.06. The van der Waals surface area contributed by atoms with Gasteiger partial charge in [0.1, 0.15) is 6.04 Å².